The van der Waals surface area contributed by atoms with E-state index in [2.05, 4.69) is 30.8 Å². The van der Waals surface area contributed by atoms with Crippen molar-refractivity contribution in [3.05, 3.63) is 35.4 Å². The lowest BCUT2D eigenvalue weighted by Crippen LogP contribution is -2.36. The van der Waals surface area contributed by atoms with Gasteiger partial charge in [0.05, 0.1) is 0 Å². The first-order chi connectivity index (χ1) is 9.93. The summed E-state index contributed by atoms with van der Waals surface area (Å²) in [4.78, 5) is 4.62. The summed E-state index contributed by atoms with van der Waals surface area (Å²) in [7, 11) is 4.19. The second-order valence-electron chi connectivity index (χ2n) is 6.18. The number of nitrogens with two attached hydrogens (primary N) is 1. The average Bonchev–Trinajstić information content (AvgIpc) is 2.82. The maximum atomic E-state index is 12.6. The summed E-state index contributed by atoms with van der Waals surface area (Å²) in [5, 5.41) is 0. The van der Waals surface area contributed by atoms with Gasteiger partial charge in [0.2, 0.25) is 0 Å². The number of likely N-dealkylation sites (N-methyl/N-ethyl adjacent to an activating group) is 1. The molecule has 1 aliphatic rings. The van der Waals surface area contributed by atoms with Crippen LogP contribution in [-0.2, 0) is 0 Å². The fourth-order valence-corrected chi connectivity index (χ4v) is 3.27. The molecule has 21 heavy (non-hydrogen) atoms. The second-order valence-corrected chi connectivity index (χ2v) is 6.18. The molecule has 0 aliphatic carbocycles. The molecule has 0 bridgehead atoms. The standard InChI is InChI=1S/C16H25F2N3/c1-11-9-21(10-15(11)20(2)3)14(8-19)12-4-6-13(7-5-12)16(17)18/h4-7,11,14-16H,8-10,19H2,1-3H3. The third-order valence-corrected chi connectivity index (χ3v) is 4.50. The zero-order valence-corrected chi connectivity index (χ0v) is 13.0. The molecule has 0 aromatic heterocycles. The molecule has 5 heteroatoms. The highest BCUT2D eigenvalue weighted by molar-refractivity contribution is 5.26. The Balaban J connectivity index is 2.13. The largest absolute Gasteiger partial charge is 0.329 e. The molecule has 0 amide bonds. The van der Waals surface area contributed by atoms with Crippen LogP contribution in [0.1, 0.15) is 30.5 Å². The van der Waals surface area contributed by atoms with Gasteiger partial charge in [0.1, 0.15) is 0 Å². The normalized spacial score (nSPS) is 25.0. The SMILES string of the molecule is CC1CN(C(CN)c2ccc(C(F)F)cc2)CC1N(C)C. The summed E-state index contributed by atoms with van der Waals surface area (Å²) >= 11 is 0. The van der Waals surface area contributed by atoms with Crippen molar-refractivity contribution in [3.63, 3.8) is 0 Å². The molecule has 2 N–H and O–H groups in total. The molecule has 1 aromatic carbocycles. The topological polar surface area (TPSA) is 32.5 Å². The molecule has 3 unspecified atom stereocenters. The Morgan fingerprint density at radius 1 is 1.19 bits per heavy atom. The van der Waals surface area contributed by atoms with E-state index >= 15 is 0 Å². The molecular weight excluding hydrogens is 272 g/mol. The van der Waals surface area contributed by atoms with Crippen LogP contribution in [0.3, 0.4) is 0 Å². The summed E-state index contributed by atoms with van der Waals surface area (Å²) in [6, 6.07) is 7.19. The van der Waals surface area contributed by atoms with Crippen LogP contribution < -0.4 is 5.73 Å². The number of nitrogens with zero attached hydrogens (tertiary/aromatic N) is 2. The number of rotatable bonds is 5. The van der Waals surface area contributed by atoms with Crippen LogP contribution in [0.15, 0.2) is 24.3 Å². The van der Waals surface area contributed by atoms with Crippen LogP contribution in [0.5, 0.6) is 0 Å². The number of hydrogen-bond donors (Lipinski definition) is 1. The van der Waals surface area contributed by atoms with Gasteiger partial charge in [0.15, 0.2) is 0 Å². The van der Waals surface area contributed by atoms with Crippen molar-refractivity contribution in [1.29, 1.82) is 0 Å². The third kappa shape index (κ3) is 3.59. The minimum absolute atomic E-state index is 0.0653. The summed E-state index contributed by atoms with van der Waals surface area (Å²) in [6.45, 7) is 4.70. The fourth-order valence-electron chi connectivity index (χ4n) is 3.27. The number of likely N-dealkylation sites (tertiary alicyclic amines) is 1. The van der Waals surface area contributed by atoms with Gasteiger partial charge in [-0.2, -0.15) is 0 Å². The first kappa shape index (κ1) is 16.3. The lowest BCUT2D eigenvalue weighted by atomic mass is 10.0. The van der Waals surface area contributed by atoms with E-state index in [1.807, 2.05) is 0 Å². The first-order valence-corrected chi connectivity index (χ1v) is 7.42. The fraction of sp³-hybridized carbons (Fsp3) is 0.625. The minimum atomic E-state index is -2.42. The van der Waals surface area contributed by atoms with Crippen LogP contribution in [-0.4, -0.2) is 49.6 Å². The zero-order chi connectivity index (χ0) is 15.6. The van der Waals surface area contributed by atoms with Gasteiger partial charge in [0, 0.05) is 37.3 Å². The molecule has 2 rings (SSSR count). The smallest absolute Gasteiger partial charge is 0.263 e. The minimum Gasteiger partial charge on any atom is -0.329 e. The van der Waals surface area contributed by atoms with E-state index in [1.165, 1.54) is 12.1 Å². The van der Waals surface area contributed by atoms with Crippen LogP contribution >= 0.6 is 0 Å². The van der Waals surface area contributed by atoms with Gasteiger partial charge >= 0.3 is 0 Å². The van der Waals surface area contributed by atoms with E-state index in [-0.39, 0.29) is 11.6 Å². The number of hydrogen-bond acceptors (Lipinski definition) is 3. The highest BCUT2D eigenvalue weighted by atomic mass is 19.3. The Morgan fingerprint density at radius 2 is 1.76 bits per heavy atom. The Labute approximate surface area is 125 Å². The van der Waals surface area contributed by atoms with Gasteiger partial charge in [-0.1, -0.05) is 31.2 Å². The van der Waals surface area contributed by atoms with E-state index < -0.39 is 6.43 Å². The molecule has 0 spiro atoms. The van der Waals surface area contributed by atoms with Crippen molar-refractivity contribution in [3.8, 4) is 0 Å². The van der Waals surface area contributed by atoms with Gasteiger partial charge in [-0.3, -0.25) is 4.90 Å². The van der Waals surface area contributed by atoms with Crippen molar-refractivity contribution in [2.75, 3.05) is 33.7 Å². The molecule has 1 aliphatic heterocycles. The summed E-state index contributed by atoms with van der Waals surface area (Å²) in [5.41, 5.74) is 7.03. The van der Waals surface area contributed by atoms with Gasteiger partial charge in [0.25, 0.3) is 6.43 Å². The zero-order valence-electron chi connectivity index (χ0n) is 13.0. The molecular formula is C16H25F2N3. The molecule has 118 valence electrons. The lowest BCUT2D eigenvalue weighted by Gasteiger charge is -2.28. The number of halogens is 2. The predicted molar refractivity (Wildman–Crippen MR) is 81.4 cm³/mol. The average molecular weight is 297 g/mol. The van der Waals surface area contributed by atoms with Crippen molar-refractivity contribution in [2.24, 2.45) is 11.7 Å². The summed E-state index contributed by atoms with van der Waals surface area (Å²) in [5.74, 6) is 0.578. The Kier molecular flexibility index (Phi) is 5.30. The molecule has 1 saturated heterocycles. The van der Waals surface area contributed by atoms with Crippen molar-refractivity contribution >= 4 is 0 Å². The van der Waals surface area contributed by atoms with Gasteiger partial charge in [-0.15, -0.1) is 0 Å². The van der Waals surface area contributed by atoms with Gasteiger partial charge in [-0.05, 0) is 25.6 Å². The molecule has 3 atom stereocenters. The number of alkyl halides is 2. The molecule has 0 radical (unpaired) electrons. The Morgan fingerprint density at radius 3 is 2.19 bits per heavy atom. The summed E-state index contributed by atoms with van der Waals surface area (Å²) in [6.07, 6.45) is -2.42. The molecule has 1 heterocycles. The first-order valence-electron chi connectivity index (χ1n) is 7.42. The molecule has 1 fully saturated rings. The van der Waals surface area contributed by atoms with E-state index in [4.69, 9.17) is 5.73 Å². The quantitative estimate of drug-likeness (QED) is 0.906. The molecule has 1 aromatic rings. The van der Waals surface area contributed by atoms with Gasteiger partial charge in [-0.25, -0.2) is 8.78 Å². The van der Waals surface area contributed by atoms with E-state index in [9.17, 15) is 8.78 Å². The van der Waals surface area contributed by atoms with E-state index in [1.54, 1.807) is 12.1 Å². The van der Waals surface area contributed by atoms with Crippen LogP contribution in [0, 0.1) is 5.92 Å². The predicted octanol–water partition coefficient (Wildman–Crippen LogP) is 2.51. The molecule has 3 nitrogen and oxygen atoms in total. The summed E-state index contributed by atoms with van der Waals surface area (Å²) < 4.78 is 25.3. The highest BCUT2D eigenvalue weighted by Gasteiger charge is 2.34. The van der Waals surface area contributed by atoms with E-state index in [0.29, 0.717) is 18.5 Å². The van der Waals surface area contributed by atoms with Crippen LogP contribution in [0.25, 0.3) is 0 Å². The molecule has 0 saturated carbocycles. The highest BCUT2D eigenvalue weighted by Crippen LogP contribution is 2.30. The van der Waals surface area contributed by atoms with Crippen molar-refractivity contribution in [1.82, 2.24) is 9.80 Å². The second kappa shape index (κ2) is 6.81. The van der Waals surface area contributed by atoms with Crippen molar-refractivity contribution < 1.29 is 8.78 Å². The van der Waals surface area contributed by atoms with Gasteiger partial charge < -0.3 is 10.6 Å². The number of benzene rings is 1. The van der Waals surface area contributed by atoms with Crippen LogP contribution in [0.4, 0.5) is 8.78 Å². The Bertz CT molecular complexity index is 447. The maximum absolute atomic E-state index is 12.6. The van der Waals surface area contributed by atoms with Crippen LogP contribution in [0.2, 0.25) is 0 Å². The Hall–Kier alpha value is -1.04. The maximum Gasteiger partial charge on any atom is 0.263 e. The third-order valence-electron chi connectivity index (χ3n) is 4.50. The lowest BCUT2D eigenvalue weighted by molar-refractivity contribution is 0.151. The van der Waals surface area contributed by atoms with E-state index in [0.717, 1.165) is 18.7 Å². The monoisotopic (exact) mass is 297 g/mol. The van der Waals surface area contributed by atoms with Crippen molar-refractivity contribution in [2.45, 2.75) is 25.4 Å².